The van der Waals surface area contributed by atoms with Crippen molar-refractivity contribution in [2.24, 2.45) is 113 Å². The average molecular weight is 1570 g/mol. The van der Waals surface area contributed by atoms with Gasteiger partial charge >= 0.3 is 0 Å². The number of nitrogens with two attached hydrogens (primary N) is 11. The van der Waals surface area contributed by atoms with Crippen LogP contribution in [0.15, 0.2) is 50.4 Å². The number of unbranched alkanes of at least 4 members (excludes halogenated alkanes) is 1. The van der Waals surface area contributed by atoms with Gasteiger partial charge in [-0.2, -0.15) is 0 Å². The predicted octanol–water partition coefficient (Wildman–Crippen LogP) is -4.33. The SMILES string of the molecule is CC[C@H](C)[C@H](NC(=O)[C@H](CCCN=C(N)N)NC(=O)[C@@H](NC(=O)[C@H](C)NC(=O)[C@@H](NC(=O)[C@@H](NC(=O)[C@H](CC(C)C)NC(=O)[C@H](CCCN=C(N)N)NC(=O)[C@@H](N)CCCCN)[C@@H](C)CC)C(C)C)C(C)C)C(=O)N[C@@H](Cc1c[nH]c2ccccc12)C(=O)N[C@@H](CCCN=C(N)N)C(=O)N[C@@H](CCCN=C(N)N)C(N)=O. The van der Waals surface area contributed by atoms with E-state index >= 15 is 0 Å². The number of aromatic amines is 1. The number of hydrogen-bond donors (Lipinski definition) is 23. The largest absolute Gasteiger partial charge is 0.370 e. The maximum atomic E-state index is 15.0. The first-order valence-electron chi connectivity index (χ1n) is 38.1. The number of nitrogens with one attached hydrogen (secondary N) is 12. The average Bonchev–Trinajstić information content (AvgIpc) is 1.74. The quantitative estimate of drug-likeness (QED) is 0.0169. The molecule has 0 saturated carbocycles. The lowest BCUT2D eigenvalue weighted by Gasteiger charge is -2.31. The molecule has 0 saturated heterocycles. The molecule has 0 aliphatic heterocycles. The van der Waals surface area contributed by atoms with Gasteiger partial charge in [-0.15, -0.1) is 0 Å². The normalized spacial score (nSPS) is 15.0. The van der Waals surface area contributed by atoms with Gasteiger partial charge in [-0.25, -0.2) is 0 Å². The van der Waals surface area contributed by atoms with Crippen molar-refractivity contribution in [3.8, 4) is 0 Å². The molecule has 0 aliphatic rings. The summed E-state index contributed by atoms with van der Waals surface area (Å²) in [5.41, 5.74) is 63.2. The fourth-order valence-corrected chi connectivity index (χ4v) is 11.7. The molecule has 34 N–H and O–H groups in total. The number of primary amides is 1. The number of guanidine groups is 4. The molecule has 2 aromatic rings. The van der Waals surface area contributed by atoms with Crippen LogP contribution in [0.3, 0.4) is 0 Å². The van der Waals surface area contributed by atoms with E-state index in [0.29, 0.717) is 55.1 Å². The van der Waals surface area contributed by atoms with Gasteiger partial charge in [0.1, 0.15) is 66.5 Å². The van der Waals surface area contributed by atoms with Crippen LogP contribution < -0.4 is 122 Å². The monoisotopic (exact) mass is 1560 g/mol. The summed E-state index contributed by atoms with van der Waals surface area (Å²) < 4.78 is 0. The van der Waals surface area contributed by atoms with Gasteiger partial charge in [0.05, 0.1) is 6.04 Å². The van der Waals surface area contributed by atoms with Crippen LogP contribution in [0.25, 0.3) is 10.9 Å². The molecule has 1 aromatic carbocycles. The summed E-state index contributed by atoms with van der Waals surface area (Å²) in [5.74, 6) is -12.8. The van der Waals surface area contributed by atoms with Gasteiger partial charge < -0.3 is 127 Å². The lowest BCUT2D eigenvalue weighted by molar-refractivity contribution is -0.137. The highest BCUT2D eigenvalue weighted by Gasteiger charge is 2.39. The van der Waals surface area contributed by atoms with Crippen molar-refractivity contribution in [1.29, 1.82) is 0 Å². The Morgan fingerprint density at radius 1 is 0.387 bits per heavy atom. The van der Waals surface area contributed by atoms with E-state index in [1.807, 2.05) is 26.0 Å². The fraction of sp³-hybridized carbons (Fsp3) is 0.667. The number of fused-ring (bicyclic) bond motifs is 1. The molecule has 624 valence electrons. The molecule has 0 radical (unpaired) electrons. The minimum Gasteiger partial charge on any atom is -0.370 e. The molecule has 0 bridgehead atoms. The van der Waals surface area contributed by atoms with Gasteiger partial charge in [-0.05, 0) is 125 Å². The minimum atomic E-state index is -1.45. The molecule has 0 aliphatic carbocycles. The highest BCUT2D eigenvalue weighted by Crippen LogP contribution is 2.21. The molecule has 1 heterocycles. The maximum absolute atomic E-state index is 15.0. The third-order valence-corrected chi connectivity index (χ3v) is 18.6. The summed E-state index contributed by atoms with van der Waals surface area (Å²) in [6, 6.07) is -8.21. The number of benzene rings is 1. The van der Waals surface area contributed by atoms with E-state index < -0.39 is 167 Å². The summed E-state index contributed by atoms with van der Waals surface area (Å²) in [7, 11) is 0. The molecule has 14 atom stereocenters. The highest BCUT2D eigenvalue weighted by atomic mass is 16.2. The zero-order chi connectivity index (χ0) is 83.8. The molecular weight excluding hydrogens is 1430 g/mol. The second-order valence-corrected chi connectivity index (χ2v) is 29.1. The maximum Gasteiger partial charge on any atom is 0.243 e. The number of carbonyl (C=O) groups is 12. The molecule has 0 fully saturated rings. The van der Waals surface area contributed by atoms with Gasteiger partial charge in [0.2, 0.25) is 70.9 Å². The number of aromatic nitrogens is 1. The second kappa shape index (κ2) is 50.2. The van der Waals surface area contributed by atoms with Gasteiger partial charge in [0, 0.05) is 49.7 Å². The molecule has 1 aromatic heterocycles. The lowest BCUT2D eigenvalue weighted by Crippen LogP contribution is -2.62. The van der Waals surface area contributed by atoms with Crippen LogP contribution in [0.4, 0.5) is 0 Å². The zero-order valence-electron chi connectivity index (χ0n) is 66.4. The van der Waals surface area contributed by atoms with E-state index in [1.165, 1.54) is 6.92 Å². The molecule has 12 amide bonds. The number of para-hydroxylation sites is 1. The van der Waals surface area contributed by atoms with Crippen molar-refractivity contribution in [3.63, 3.8) is 0 Å². The minimum absolute atomic E-state index is 0.00461. The molecule has 0 unspecified atom stereocenters. The van der Waals surface area contributed by atoms with Crippen LogP contribution in [-0.4, -0.2) is 205 Å². The van der Waals surface area contributed by atoms with E-state index in [4.69, 9.17) is 63.1 Å². The summed E-state index contributed by atoms with van der Waals surface area (Å²) in [4.78, 5) is 190. The number of rotatable bonds is 53. The molecular formula is C72H129N27O12. The van der Waals surface area contributed by atoms with Crippen molar-refractivity contribution in [3.05, 3.63) is 36.0 Å². The van der Waals surface area contributed by atoms with E-state index in [9.17, 15) is 57.5 Å². The van der Waals surface area contributed by atoms with Crippen molar-refractivity contribution >= 4 is 106 Å². The fourth-order valence-electron chi connectivity index (χ4n) is 11.7. The van der Waals surface area contributed by atoms with Gasteiger partial charge in [-0.1, -0.05) is 107 Å². The number of hydrogen-bond acceptors (Lipinski definition) is 18. The third kappa shape index (κ3) is 35.8. The Kier molecular flexibility index (Phi) is 43.7. The van der Waals surface area contributed by atoms with Gasteiger partial charge in [-0.3, -0.25) is 77.5 Å². The van der Waals surface area contributed by atoms with Gasteiger partial charge in [0.15, 0.2) is 23.8 Å². The Labute approximate surface area is 650 Å². The second-order valence-electron chi connectivity index (χ2n) is 29.1. The number of amides is 12. The Morgan fingerprint density at radius 2 is 0.739 bits per heavy atom. The Balaban J connectivity index is 2.51. The summed E-state index contributed by atoms with van der Waals surface area (Å²) >= 11 is 0. The molecule has 39 heteroatoms. The topological polar surface area (TPSA) is 689 Å². The lowest BCUT2D eigenvalue weighted by atomic mass is 9.95. The number of H-pyrrole nitrogens is 1. The zero-order valence-corrected chi connectivity index (χ0v) is 66.4. The standard InChI is InChI=1S/C72H129N27O12/c1-12-40(9)55(67(110)95-52(35-43-36-88-46-24-15-14-22-44(43)46)63(106)92-49(27-20-32-86-71(80)81)60(103)90-47(57(75)100)25-18-30-84-69(76)77)98-62(105)50(28-21-33-87-72(82)83)93-66(109)54(39(7)8)96-58(101)42(11)89-65(108)53(38(5)6)97-68(111)56(41(10)13-2)99-64(107)51(34-37(3)4)94-61(104)48(26-19-31-85-70(78)79)91-59(102)45(74)23-16-17-29-73/h14-15,22,24,36-42,45,47-56,88H,12-13,16-21,23,25-35,73-74H2,1-11H3,(H2,75,100)(H,89,108)(H,90,103)(H,91,102)(H,92,106)(H,93,109)(H,94,104)(H,95,110)(H,96,101)(H,97,111)(H,98,105)(H,99,107)(H4,76,77,84)(H4,78,79,85)(H4,80,81,86)(H4,82,83,87)/t40-,41-,42-,45-,47-,48-,49-,50-,51-,52-,53-,54-,55-,56-/m0/s1. The van der Waals surface area contributed by atoms with E-state index in [0.717, 1.165) is 0 Å². The van der Waals surface area contributed by atoms with Crippen molar-refractivity contribution in [1.82, 2.24) is 63.5 Å². The van der Waals surface area contributed by atoms with Crippen molar-refractivity contribution in [2.75, 3.05) is 32.7 Å². The first-order valence-corrected chi connectivity index (χ1v) is 38.1. The summed E-state index contributed by atoms with van der Waals surface area (Å²) in [6.45, 7) is 19.3. The molecule has 111 heavy (non-hydrogen) atoms. The molecule has 39 nitrogen and oxygen atoms in total. The summed E-state index contributed by atoms with van der Waals surface area (Å²) in [5, 5.41) is 30.7. The third-order valence-electron chi connectivity index (χ3n) is 18.6. The predicted molar refractivity (Wildman–Crippen MR) is 427 cm³/mol. The number of nitrogens with zero attached hydrogens (tertiary/aromatic N) is 4. The van der Waals surface area contributed by atoms with Crippen LogP contribution in [-0.2, 0) is 64.0 Å². The summed E-state index contributed by atoms with van der Waals surface area (Å²) in [6.07, 6.45) is 4.53. The van der Waals surface area contributed by atoms with E-state index in [1.54, 1.807) is 73.7 Å². The molecule has 0 spiro atoms. The Hall–Kier alpha value is -10.6. The number of carbonyl (C=O) groups excluding carboxylic acids is 12. The van der Waals surface area contributed by atoms with E-state index in [2.05, 4.69) is 83.4 Å². The Morgan fingerprint density at radius 3 is 1.17 bits per heavy atom. The van der Waals surface area contributed by atoms with Crippen LogP contribution in [0.2, 0.25) is 0 Å². The molecule has 2 rings (SSSR count). The van der Waals surface area contributed by atoms with Crippen LogP contribution in [0, 0.1) is 29.6 Å². The first-order chi connectivity index (χ1) is 52.3. The van der Waals surface area contributed by atoms with E-state index in [-0.39, 0.29) is 120 Å². The van der Waals surface area contributed by atoms with Crippen molar-refractivity contribution in [2.45, 2.75) is 245 Å². The van der Waals surface area contributed by atoms with Crippen LogP contribution >= 0.6 is 0 Å². The van der Waals surface area contributed by atoms with Crippen molar-refractivity contribution < 1.29 is 57.5 Å². The Bertz CT molecular complexity index is 3470. The van der Waals surface area contributed by atoms with Gasteiger partial charge in [0.25, 0.3) is 0 Å². The highest BCUT2D eigenvalue weighted by molar-refractivity contribution is 6.00. The van der Waals surface area contributed by atoms with Crippen LogP contribution in [0.5, 0.6) is 0 Å². The number of aliphatic imine (C=N–C) groups is 4. The smallest absolute Gasteiger partial charge is 0.243 e. The van der Waals surface area contributed by atoms with Crippen LogP contribution in [0.1, 0.15) is 172 Å². The first kappa shape index (κ1) is 96.5.